The Bertz CT molecular complexity index is 1930. The van der Waals surface area contributed by atoms with Gasteiger partial charge in [-0.05, 0) is 58.6 Å². The highest BCUT2D eigenvalue weighted by Gasteiger charge is 2.33. The molecule has 0 aliphatic carbocycles. The van der Waals surface area contributed by atoms with Gasteiger partial charge < -0.3 is 34.9 Å². The maximum absolute atomic E-state index is 12.8. The standard InChI is InChI=1S/C44H48N4O6/c1-48(24-22-38-13-6-7-23-45-38)29-39-27-41(35-16-14-32(30-49)15-17-35)54-43(53-39)36-20-18-34(19-21-36)37-12-8-11-33(25-37)28-46-44(51)47-40(42(50)52-2)26-31-9-4-3-5-10-31/h3-21,23,25,39-41,43,49H,22,24,26-30H2,1-2H3,(H2,46,47,51)/t39-,40-,41+,43+/m0/s1. The molecule has 4 aromatic carbocycles. The minimum Gasteiger partial charge on any atom is -0.467 e. The summed E-state index contributed by atoms with van der Waals surface area (Å²) in [4.78, 5) is 32.0. The van der Waals surface area contributed by atoms with Gasteiger partial charge in [-0.3, -0.25) is 4.98 Å². The van der Waals surface area contributed by atoms with Crippen molar-refractivity contribution in [2.75, 3.05) is 27.2 Å². The first-order valence-electron chi connectivity index (χ1n) is 18.3. The van der Waals surface area contributed by atoms with Crippen LogP contribution in [0, 0.1) is 0 Å². The SMILES string of the molecule is COC(=O)[C@H](Cc1ccccc1)NC(=O)NCc1cccc(-c2ccc([C@@H]3O[C@H](CN(C)CCc4ccccn4)C[C@H](c4ccc(CO)cc4)O3)cc2)c1. The number of amides is 2. The van der Waals surface area contributed by atoms with Gasteiger partial charge in [-0.15, -0.1) is 0 Å². The number of hydrogen-bond donors (Lipinski definition) is 3. The Kier molecular flexibility index (Phi) is 13.6. The summed E-state index contributed by atoms with van der Waals surface area (Å²) in [5.74, 6) is -0.504. The number of rotatable bonds is 15. The van der Waals surface area contributed by atoms with Gasteiger partial charge in [0.05, 0.1) is 25.9 Å². The number of nitrogens with zero attached hydrogens (tertiary/aromatic N) is 2. The molecule has 0 spiro atoms. The molecule has 5 aromatic rings. The van der Waals surface area contributed by atoms with Crippen LogP contribution in [0.25, 0.3) is 11.1 Å². The summed E-state index contributed by atoms with van der Waals surface area (Å²) in [7, 11) is 3.42. The number of urea groups is 1. The fourth-order valence-corrected chi connectivity index (χ4v) is 6.59. The predicted octanol–water partition coefficient (Wildman–Crippen LogP) is 6.54. The van der Waals surface area contributed by atoms with Crippen molar-refractivity contribution >= 4 is 12.0 Å². The first-order valence-corrected chi connectivity index (χ1v) is 18.3. The lowest BCUT2D eigenvalue weighted by Crippen LogP contribution is -2.47. The fourth-order valence-electron chi connectivity index (χ4n) is 6.59. The molecule has 10 heteroatoms. The smallest absolute Gasteiger partial charge is 0.328 e. The van der Waals surface area contributed by atoms with Crippen molar-refractivity contribution < 1.29 is 28.9 Å². The number of carbonyl (C=O) groups excluding carboxylic acids is 2. The van der Waals surface area contributed by atoms with Crippen molar-refractivity contribution in [2.24, 2.45) is 0 Å². The predicted molar refractivity (Wildman–Crippen MR) is 207 cm³/mol. The van der Waals surface area contributed by atoms with Crippen molar-refractivity contribution in [1.82, 2.24) is 20.5 Å². The molecule has 3 N–H and O–H groups in total. The molecule has 1 aliphatic heterocycles. The van der Waals surface area contributed by atoms with E-state index in [9.17, 15) is 14.7 Å². The quantitative estimate of drug-likeness (QED) is 0.104. The van der Waals surface area contributed by atoms with E-state index in [4.69, 9.17) is 14.2 Å². The lowest BCUT2D eigenvalue weighted by molar-refractivity contribution is -0.252. The lowest BCUT2D eigenvalue weighted by atomic mass is 9.99. The van der Waals surface area contributed by atoms with E-state index in [0.717, 1.165) is 64.1 Å². The Morgan fingerprint density at radius 2 is 1.59 bits per heavy atom. The second-order valence-electron chi connectivity index (χ2n) is 13.6. The molecule has 4 atom stereocenters. The van der Waals surface area contributed by atoms with Crippen LogP contribution in [0.4, 0.5) is 4.79 Å². The van der Waals surface area contributed by atoms with E-state index in [1.165, 1.54) is 7.11 Å². The van der Waals surface area contributed by atoms with Crippen LogP contribution in [0.5, 0.6) is 0 Å². The fraction of sp³-hybridized carbons (Fsp3) is 0.295. The zero-order valence-corrected chi connectivity index (χ0v) is 30.8. The van der Waals surface area contributed by atoms with Gasteiger partial charge in [-0.25, -0.2) is 9.59 Å². The van der Waals surface area contributed by atoms with Gasteiger partial charge in [-0.2, -0.15) is 0 Å². The Morgan fingerprint density at radius 1 is 0.852 bits per heavy atom. The Labute approximate surface area is 317 Å². The van der Waals surface area contributed by atoms with E-state index in [1.807, 2.05) is 115 Å². The highest BCUT2D eigenvalue weighted by molar-refractivity contribution is 5.83. The number of pyridine rings is 1. The van der Waals surface area contributed by atoms with Gasteiger partial charge in [0.25, 0.3) is 0 Å². The van der Waals surface area contributed by atoms with Crippen LogP contribution >= 0.6 is 0 Å². The maximum atomic E-state index is 12.8. The number of carbonyl (C=O) groups is 2. The average Bonchev–Trinajstić information content (AvgIpc) is 3.22. The second-order valence-corrected chi connectivity index (χ2v) is 13.6. The van der Waals surface area contributed by atoms with Crippen molar-refractivity contribution in [3.8, 4) is 11.1 Å². The molecule has 1 aromatic heterocycles. The van der Waals surface area contributed by atoms with E-state index in [2.05, 4.69) is 39.7 Å². The van der Waals surface area contributed by atoms with Crippen molar-refractivity contribution in [2.45, 2.75) is 57.0 Å². The zero-order chi connectivity index (χ0) is 37.7. The lowest BCUT2D eigenvalue weighted by Gasteiger charge is -2.38. The van der Waals surface area contributed by atoms with Crippen molar-refractivity contribution in [1.29, 1.82) is 0 Å². The van der Waals surface area contributed by atoms with Crippen molar-refractivity contribution in [3.05, 3.63) is 161 Å². The topological polar surface area (TPSA) is 122 Å². The van der Waals surface area contributed by atoms with Crippen LogP contribution in [0.3, 0.4) is 0 Å². The number of esters is 1. The maximum Gasteiger partial charge on any atom is 0.328 e. The van der Waals surface area contributed by atoms with Crippen molar-refractivity contribution in [3.63, 3.8) is 0 Å². The van der Waals surface area contributed by atoms with Crippen LogP contribution in [0.1, 0.15) is 52.3 Å². The number of aromatic nitrogens is 1. The molecule has 2 heterocycles. The summed E-state index contributed by atoms with van der Waals surface area (Å²) in [6.07, 6.45) is 2.91. The molecular formula is C44H48N4O6. The van der Waals surface area contributed by atoms with E-state index < -0.39 is 24.3 Å². The minimum atomic E-state index is -0.810. The summed E-state index contributed by atoms with van der Waals surface area (Å²) in [6, 6.07) is 38.3. The molecule has 10 nitrogen and oxygen atoms in total. The zero-order valence-electron chi connectivity index (χ0n) is 30.8. The summed E-state index contributed by atoms with van der Waals surface area (Å²) in [5, 5.41) is 15.2. The van der Waals surface area contributed by atoms with Crippen LogP contribution in [0.15, 0.2) is 128 Å². The molecule has 6 rings (SSSR count). The molecule has 0 unspecified atom stereocenters. The van der Waals surface area contributed by atoms with Gasteiger partial charge >= 0.3 is 12.0 Å². The largest absolute Gasteiger partial charge is 0.467 e. The third-order valence-corrected chi connectivity index (χ3v) is 9.58. The molecule has 1 aliphatic rings. The summed E-state index contributed by atoms with van der Waals surface area (Å²) in [5.41, 5.74) is 7.73. The first-order chi connectivity index (χ1) is 26.4. The third-order valence-electron chi connectivity index (χ3n) is 9.58. The number of aliphatic hydroxyl groups is 1. The normalized spacial score (nSPS) is 17.4. The van der Waals surface area contributed by atoms with Crippen LogP contribution in [-0.4, -0.2) is 66.4 Å². The molecule has 1 saturated heterocycles. The monoisotopic (exact) mass is 728 g/mol. The van der Waals surface area contributed by atoms with Gasteiger partial charge in [0.15, 0.2) is 6.29 Å². The Balaban J connectivity index is 1.09. The highest BCUT2D eigenvalue weighted by atomic mass is 16.7. The average molecular weight is 729 g/mol. The van der Waals surface area contributed by atoms with Crippen LogP contribution in [0.2, 0.25) is 0 Å². The van der Waals surface area contributed by atoms with Crippen LogP contribution < -0.4 is 10.6 Å². The van der Waals surface area contributed by atoms with Gasteiger partial charge in [-0.1, -0.05) is 103 Å². The Hall–Kier alpha value is -5.39. The van der Waals surface area contributed by atoms with E-state index in [0.29, 0.717) is 12.8 Å². The third kappa shape index (κ3) is 10.8. The molecule has 280 valence electrons. The second kappa shape index (κ2) is 19.1. The summed E-state index contributed by atoms with van der Waals surface area (Å²) in [6.45, 7) is 1.87. The molecule has 0 bridgehead atoms. The first kappa shape index (κ1) is 38.3. The molecule has 2 amide bonds. The summed E-state index contributed by atoms with van der Waals surface area (Å²) >= 11 is 0. The number of benzene rings is 4. The van der Waals surface area contributed by atoms with Crippen LogP contribution in [-0.2, 0) is 45.0 Å². The Morgan fingerprint density at radius 3 is 2.31 bits per heavy atom. The number of nitrogens with one attached hydrogen (secondary N) is 2. The van der Waals surface area contributed by atoms with Gasteiger partial charge in [0.2, 0.25) is 0 Å². The number of hydrogen-bond acceptors (Lipinski definition) is 8. The number of aliphatic hydroxyl groups excluding tert-OH is 1. The van der Waals surface area contributed by atoms with E-state index >= 15 is 0 Å². The van der Waals surface area contributed by atoms with E-state index in [1.54, 1.807) is 0 Å². The minimum absolute atomic E-state index is 0.00497. The highest BCUT2D eigenvalue weighted by Crippen LogP contribution is 2.38. The molecule has 0 radical (unpaired) electrons. The summed E-state index contributed by atoms with van der Waals surface area (Å²) < 4.78 is 18.1. The number of ether oxygens (including phenoxy) is 3. The molecule has 1 fully saturated rings. The number of methoxy groups -OCH3 is 1. The molecular weight excluding hydrogens is 681 g/mol. The molecule has 54 heavy (non-hydrogen) atoms. The number of likely N-dealkylation sites (N-methyl/N-ethyl adjacent to an activating group) is 1. The van der Waals surface area contributed by atoms with Gasteiger partial charge in [0.1, 0.15) is 6.04 Å². The van der Waals surface area contributed by atoms with Gasteiger partial charge in [0, 0.05) is 56.4 Å². The van der Waals surface area contributed by atoms with E-state index in [-0.39, 0.29) is 25.4 Å². The molecule has 0 saturated carbocycles.